The molecule has 0 saturated carbocycles. The fourth-order valence-electron chi connectivity index (χ4n) is 1.42. The lowest BCUT2D eigenvalue weighted by atomic mass is 10.1. The molecule has 2 amide bonds. The molecule has 1 saturated heterocycles. The lowest BCUT2D eigenvalue weighted by molar-refractivity contribution is -0.132. The molecule has 0 bridgehead atoms. The van der Waals surface area contributed by atoms with Crippen LogP contribution in [0.15, 0.2) is 0 Å². The lowest BCUT2D eigenvalue weighted by Gasteiger charge is -2.23. The molecule has 0 aliphatic carbocycles. The fourth-order valence-corrected chi connectivity index (χ4v) is 3.05. The minimum atomic E-state index is -0.904. The zero-order valence-electron chi connectivity index (χ0n) is 10.1. The SMILES string of the molecule is CSCC(C)(O)CNC(=O)CN1CSCC1=O. The van der Waals surface area contributed by atoms with Gasteiger partial charge in [-0.1, -0.05) is 0 Å². The Labute approximate surface area is 110 Å². The second-order valence-electron chi connectivity index (χ2n) is 4.28. The Morgan fingerprint density at radius 3 is 2.94 bits per heavy atom. The zero-order valence-corrected chi connectivity index (χ0v) is 11.7. The molecule has 1 unspecified atom stereocenters. The summed E-state index contributed by atoms with van der Waals surface area (Å²) in [6, 6.07) is 0. The largest absolute Gasteiger partial charge is 0.387 e. The third-order valence-electron chi connectivity index (χ3n) is 2.28. The van der Waals surface area contributed by atoms with Gasteiger partial charge in [0.1, 0.15) is 6.54 Å². The van der Waals surface area contributed by atoms with E-state index in [-0.39, 0.29) is 24.9 Å². The maximum absolute atomic E-state index is 11.6. The average molecular weight is 278 g/mol. The summed E-state index contributed by atoms with van der Waals surface area (Å²) in [6.45, 7) is 1.98. The number of aliphatic hydroxyl groups is 1. The van der Waals surface area contributed by atoms with E-state index in [1.54, 1.807) is 6.92 Å². The molecular formula is C10H18N2O3S2. The van der Waals surface area contributed by atoms with Crippen LogP contribution < -0.4 is 5.32 Å². The number of hydrogen-bond donors (Lipinski definition) is 2. The molecule has 1 atom stereocenters. The van der Waals surface area contributed by atoms with Gasteiger partial charge in [0.2, 0.25) is 11.8 Å². The molecule has 17 heavy (non-hydrogen) atoms. The molecule has 0 aromatic carbocycles. The molecule has 1 fully saturated rings. The van der Waals surface area contributed by atoms with Crippen molar-refractivity contribution in [2.75, 3.05) is 36.7 Å². The number of carbonyl (C=O) groups excluding carboxylic acids is 2. The summed E-state index contributed by atoms with van der Waals surface area (Å²) < 4.78 is 0. The number of hydrogen-bond acceptors (Lipinski definition) is 5. The standard InChI is InChI=1S/C10H18N2O3S2/c1-10(15,6-16-2)5-11-8(13)3-12-7-17-4-9(12)14/h15H,3-7H2,1-2H3,(H,11,13). The van der Waals surface area contributed by atoms with Gasteiger partial charge in [-0.05, 0) is 13.2 Å². The van der Waals surface area contributed by atoms with E-state index in [0.717, 1.165) is 0 Å². The Morgan fingerprint density at radius 2 is 2.41 bits per heavy atom. The molecule has 1 aliphatic rings. The number of nitrogens with zero attached hydrogens (tertiary/aromatic N) is 1. The zero-order chi connectivity index (χ0) is 12.9. The molecule has 0 radical (unpaired) electrons. The summed E-state index contributed by atoms with van der Waals surface area (Å²) in [5.41, 5.74) is -0.904. The van der Waals surface area contributed by atoms with Crippen LogP contribution in [0.25, 0.3) is 0 Å². The summed E-state index contributed by atoms with van der Waals surface area (Å²) >= 11 is 3.03. The summed E-state index contributed by atoms with van der Waals surface area (Å²) in [7, 11) is 0. The average Bonchev–Trinajstić information content (AvgIpc) is 2.62. The second kappa shape index (κ2) is 6.51. The Kier molecular flexibility index (Phi) is 5.61. The Hall–Kier alpha value is -0.400. The Bertz CT molecular complexity index is 297. The maximum atomic E-state index is 11.6. The van der Waals surface area contributed by atoms with Gasteiger partial charge < -0.3 is 15.3 Å². The van der Waals surface area contributed by atoms with E-state index in [9.17, 15) is 14.7 Å². The smallest absolute Gasteiger partial charge is 0.239 e. The van der Waals surface area contributed by atoms with Crippen LogP contribution in [0.1, 0.15) is 6.92 Å². The van der Waals surface area contributed by atoms with Crippen molar-refractivity contribution < 1.29 is 14.7 Å². The van der Waals surface area contributed by atoms with E-state index in [2.05, 4.69) is 5.32 Å². The number of amides is 2. The lowest BCUT2D eigenvalue weighted by Crippen LogP contribution is -2.46. The summed E-state index contributed by atoms with van der Waals surface area (Å²) in [5.74, 6) is 1.37. The predicted molar refractivity (Wildman–Crippen MR) is 71.1 cm³/mol. The van der Waals surface area contributed by atoms with Crippen LogP contribution in [0.4, 0.5) is 0 Å². The summed E-state index contributed by atoms with van der Waals surface area (Å²) in [5, 5.41) is 12.5. The highest BCUT2D eigenvalue weighted by Crippen LogP contribution is 2.14. The van der Waals surface area contributed by atoms with Crippen LogP contribution in [0.3, 0.4) is 0 Å². The van der Waals surface area contributed by atoms with Crippen LogP contribution in [-0.2, 0) is 9.59 Å². The first-order chi connectivity index (χ1) is 7.94. The Balaban J connectivity index is 2.27. The van der Waals surface area contributed by atoms with Gasteiger partial charge in [0.05, 0.1) is 17.2 Å². The van der Waals surface area contributed by atoms with E-state index in [1.807, 2.05) is 6.26 Å². The molecule has 0 aromatic heterocycles. The second-order valence-corrected chi connectivity index (χ2v) is 6.10. The van der Waals surface area contributed by atoms with Gasteiger partial charge in [-0.15, -0.1) is 11.8 Å². The molecule has 0 spiro atoms. The van der Waals surface area contributed by atoms with Crippen molar-refractivity contribution in [2.45, 2.75) is 12.5 Å². The monoisotopic (exact) mass is 278 g/mol. The van der Waals surface area contributed by atoms with Crippen LogP contribution in [-0.4, -0.2) is 64.1 Å². The number of nitrogens with one attached hydrogen (secondary N) is 1. The summed E-state index contributed by atoms with van der Waals surface area (Å²) in [4.78, 5) is 24.4. The van der Waals surface area contributed by atoms with Crippen LogP contribution in [0.2, 0.25) is 0 Å². The molecule has 2 N–H and O–H groups in total. The first-order valence-electron chi connectivity index (χ1n) is 5.28. The fraction of sp³-hybridized carbons (Fsp3) is 0.800. The third kappa shape index (κ3) is 5.18. The van der Waals surface area contributed by atoms with Gasteiger partial charge in [-0.25, -0.2) is 0 Å². The van der Waals surface area contributed by atoms with E-state index < -0.39 is 5.60 Å². The van der Waals surface area contributed by atoms with Crippen LogP contribution in [0, 0.1) is 0 Å². The molecule has 98 valence electrons. The highest BCUT2D eigenvalue weighted by Gasteiger charge is 2.24. The molecule has 7 heteroatoms. The van der Waals surface area contributed by atoms with Gasteiger partial charge in [-0.2, -0.15) is 11.8 Å². The van der Waals surface area contributed by atoms with E-state index in [0.29, 0.717) is 17.4 Å². The molecule has 1 aliphatic heterocycles. The first kappa shape index (κ1) is 14.7. The quantitative estimate of drug-likeness (QED) is 0.701. The number of thioether (sulfide) groups is 2. The molecule has 0 aromatic rings. The van der Waals surface area contributed by atoms with Gasteiger partial charge in [0, 0.05) is 12.3 Å². The first-order valence-corrected chi connectivity index (χ1v) is 7.83. The van der Waals surface area contributed by atoms with E-state index >= 15 is 0 Å². The highest BCUT2D eigenvalue weighted by molar-refractivity contribution is 8.00. The Morgan fingerprint density at radius 1 is 1.71 bits per heavy atom. The molecule has 1 heterocycles. The summed E-state index contributed by atoms with van der Waals surface area (Å²) in [6.07, 6.45) is 1.90. The maximum Gasteiger partial charge on any atom is 0.239 e. The van der Waals surface area contributed by atoms with Crippen molar-refractivity contribution in [3.8, 4) is 0 Å². The molecule has 1 rings (SSSR count). The normalized spacial score (nSPS) is 19.2. The minimum absolute atomic E-state index is 0.000948. The highest BCUT2D eigenvalue weighted by atomic mass is 32.2. The van der Waals surface area contributed by atoms with Gasteiger partial charge in [0.15, 0.2) is 0 Å². The predicted octanol–water partition coefficient (Wildman–Crippen LogP) is -0.250. The van der Waals surface area contributed by atoms with Gasteiger partial charge in [0.25, 0.3) is 0 Å². The topological polar surface area (TPSA) is 69.6 Å². The minimum Gasteiger partial charge on any atom is -0.387 e. The van der Waals surface area contributed by atoms with Crippen molar-refractivity contribution >= 4 is 35.3 Å². The van der Waals surface area contributed by atoms with Crippen LogP contribution in [0.5, 0.6) is 0 Å². The third-order valence-corrected chi connectivity index (χ3v) is 4.14. The van der Waals surface area contributed by atoms with Crippen LogP contribution >= 0.6 is 23.5 Å². The van der Waals surface area contributed by atoms with Gasteiger partial charge in [-0.3, -0.25) is 9.59 Å². The van der Waals surface area contributed by atoms with Crippen molar-refractivity contribution in [2.24, 2.45) is 0 Å². The van der Waals surface area contributed by atoms with Crippen molar-refractivity contribution in [1.29, 1.82) is 0 Å². The van der Waals surface area contributed by atoms with Crippen molar-refractivity contribution in [3.05, 3.63) is 0 Å². The van der Waals surface area contributed by atoms with Gasteiger partial charge >= 0.3 is 0 Å². The van der Waals surface area contributed by atoms with E-state index in [1.165, 1.54) is 28.4 Å². The van der Waals surface area contributed by atoms with Crippen molar-refractivity contribution in [1.82, 2.24) is 10.2 Å². The molecular weight excluding hydrogens is 260 g/mol. The molecule has 5 nitrogen and oxygen atoms in total. The number of rotatable bonds is 6. The number of carbonyl (C=O) groups is 2. The van der Waals surface area contributed by atoms with Crippen molar-refractivity contribution in [3.63, 3.8) is 0 Å². The van der Waals surface area contributed by atoms with E-state index in [4.69, 9.17) is 0 Å².